The number of alkyl halides is 3. The Hall–Kier alpha value is -2.16. The Labute approximate surface area is 118 Å². The highest BCUT2D eigenvalue weighted by Crippen LogP contribution is 2.30. The number of rotatable bonds is 2. The van der Waals surface area contributed by atoms with Crippen LogP contribution in [0.2, 0.25) is 0 Å². The van der Waals surface area contributed by atoms with Crippen molar-refractivity contribution in [3.8, 4) is 0 Å². The zero-order valence-electron chi connectivity index (χ0n) is 11.0. The molecule has 0 aromatic carbocycles. The summed E-state index contributed by atoms with van der Waals surface area (Å²) in [4.78, 5) is 5.96. The molecule has 0 saturated heterocycles. The third kappa shape index (κ3) is 2.44. The molecule has 6 nitrogen and oxygen atoms in total. The molecule has 112 valence electrons. The van der Waals surface area contributed by atoms with Crippen LogP contribution in [0.15, 0.2) is 18.5 Å². The average Bonchev–Trinajstić information content (AvgIpc) is 2.90. The van der Waals surface area contributed by atoms with Gasteiger partial charge in [-0.05, 0) is 11.6 Å². The number of fused-ring (bicyclic) bond motifs is 1. The summed E-state index contributed by atoms with van der Waals surface area (Å²) < 4.78 is 39.5. The molecule has 0 fully saturated rings. The Morgan fingerprint density at radius 2 is 2.05 bits per heavy atom. The molecule has 0 saturated carbocycles. The second-order valence-electron chi connectivity index (χ2n) is 4.72. The minimum Gasteiger partial charge on any atom is -0.361 e. The van der Waals surface area contributed by atoms with Crippen LogP contribution >= 0.6 is 0 Å². The Morgan fingerprint density at radius 1 is 1.24 bits per heavy atom. The molecule has 3 rings (SSSR count). The van der Waals surface area contributed by atoms with Crippen LogP contribution in [0.5, 0.6) is 0 Å². The van der Waals surface area contributed by atoms with Crippen molar-refractivity contribution in [3.63, 3.8) is 0 Å². The third-order valence-electron chi connectivity index (χ3n) is 3.45. The number of hydrogen-bond acceptors (Lipinski definition) is 5. The molecular formula is C12H13F3N6. The van der Waals surface area contributed by atoms with E-state index in [4.69, 9.17) is 5.73 Å². The van der Waals surface area contributed by atoms with E-state index in [9.17, 15) is 13.2 Å². The van der Waals surface area contributed by atoms with Crippen molar-refractivity contribution in [3.05, 3.63) is 35.7 Å². The van der Waals surface area contributed by atoms with E-state index < -0.39 is 12.0 Å². The molecule has 0 aliphatic carbocycles. The molecule has 0 spiro atoms. The van der Waals surface area contributed by atoms with Gasteiger partial charge in [-0.3, -0.25) is 4.98 Å². The van der Waals surface area contributed by atoms with Crippen molar-refractivity contribution >= 4 is 5.69 Å². The van der Waals surface area contributed by atoms with Gasteiger partial charge in [0.25, 0.3) is 0 Å². The van der Waals surface area contributed by atoms with Crippen LogP contribution in [-0.4, -0.2) is 26.3 Å². The van der Waals surface area contributed by atoms with Crippen LogP contribution in [0.4, 0.5) is 18.9 Å². The molecule has 3 heterocycles. The fourth-order valence-electron chi connectivity index (χ4n) is 2.45. The first-order valence-electron chi connectivity index (χ1n) is 6.38. The van der Waals surface area contributed by atoms with Crippen molar-refractivity contribution in [2.75, 3.05) is 11.4 Å². The molecular weight excluding hydrogens is 285 g/mol. The molecule has 0 amide bonds. The predicted molar refractivity (Wildman–Crippen MR) is 68.2 cm³/mol. The predicted octanol–water partition coefficient (Wildman–Crippen LogP) is 1.17. The summed E-state index contributed by atoms with van der Waals surface area (Å²) in [6.07, 6.45) is -1.18. The van der Waals surface area contributed by atoms with E-state index in [0.29, 0.717) is 18.9 Å². The molecule has 0 bridgehead atoms. The van der Waals surface area contributed by atoms with Crippen LogP contribution in [0.25, 0.3) is 0 Å². The number of nitrogens with zero attached hydrogens (tertiary/aromatic N) is 5. The molecule has 0 unspecified atom stereocenters. The summed E-state index contributed by atoms with van der Waals surface area (Å²) in [7, 11) is 0. The van der Waals surface area contributed by atoms with Gasteiger partial charge >= 0.3 is 6.18 Å². The Balaban J connectivity index is 1.90. The molecule has 21 heavy (non-hydrogen) atoms. The van der Waals surface area contributed by atoms with Gasteiger partial charge < -0.3 is 15.2 Å². The Bertz CT molecular complexity index is 651. The van der Waals surface area contributed by atoms with E-state index in [1.54, 1.807) is 18.5 Å². The molecule has 1 aliphatic heterocycles. The van der Waals surface area contributed by atoms with E-state index in [0.717, 1.165) is 15.8 Å². The lowest BCUT2D eigenvalue weighted by atomic mass is 10.2. The number of aromatic nitrogens is 4. The van der Waals surface area contributed by atoms with Crippen molar-refractivity contribution in [2.24, 2.45) is 5.73 Å². The maximum absolute atomic E-state index is 12.8. The summed E-state index contributed by atoms with van der Waals surface area (Å²) in [5.41, 5.74) is 7.40. The lowest BCUT2D eigenvalue weighted by molar-refractivity contribution is -0.147. The summed E-state index contributed by atoms with van der Waals surface area (Å²) in [6.45, 7) is 1.19. The monoisotopic (exact) mass is 298 g/mol. The number of nitrogens with two attached hydrogens (primary N) is 1. The maximum atomic E-state index is 12.8. The van der Waals surface area contributed by atoms with Crippen molar-refractivity contribution in [1.29, 1.82) is 0 Å². The first-order valence-corrected chi connectivity index (χ1v) is 6.38. The zero-order chi connectivity index (χ0) is 15.0. The van der Waals surface area contributed by atoms with Crippen molar-refractivity contribution < 1.29 is 13.2 Å². The summed E-state index contributed by atoms with van der Waals surface area (Å²) in [5.74, 6) is -0.650. The topological polar surface area (TPSA) is 72.9 Å². The Morgan fingerprint density at radius 3 is 2.76 bits per heavy atom. The van der Waals surface area contributed by atoms with Crippen LogP contribution in [0, 0.1) is 0 Å². The van der Waals surface area contributed by atoms with Crippen LogP contribution in [-0.2, 0) is 25.8 Å². The summed E-state index contributed by atoms with van der Waals surface area (Å²) in [5, 5.41) is 6.91. The standard InChI is InChI=1S/C12H13F3N6/c13-12(14,15)11-19-18-10-7-20(3-4-21(10)11)9-6-17-2-1-8(9)5-16/h1-2,6H,3-5,7,16H2. The van der Waals surface area contributed by atoms with E-state index in [2.05, 4.69) is 15.2 Å². The largest absolute Gasteiger partial charge is 0.451 e. The second kappa shape index (κ2) is 4.99. The van der Waals surface area contributed by atoms with Gasteiger partial charge in [0.2, 0.25) is 5.82 Å². The molecule has 9 heteroatoms. The van der Waals surface area contributed by atoms with Crippen LogP contribution in [0.3, 0.4) is 0 Å². The lowest BCUT2D eigenvalue weighted by Gasteiger charge is -2.30. The van der Waals surface area contributed by atoms with Crippen LogP contribution in [0.1, 0.15) is 17.2 Å². The number of pyridine rings is 1. The van der Waals surface area contributed by atoms with Gasteiger partial charge in [-0.25, -0.2) is 0 Å². The smallest absolute Gasteiger partial charge is 0.361 e. The number of anilines is 1. The van der Waals surface area contributed by atoms with Crippen LogP contribution < -0.4 is 10.6 Å². The quantitative estimate of drug-likeness (QED) is 0.901. The lowest BCUT2D eigenvalue weighted by Crippen LogP contribution is -2.36. The number of halogens is 3. The summed E-state index contributed by atoms with van der Waals surface area (Å²) in [6, 6.07) is 1.80. The van der Waals surface area contributed by atoms with E-state index >= 15 is 0 Å². The van der Waals surface area contributed by atoms with Gasteiger partial charge in [-0.1, -0.05) is 0 Å². The normalized spacial score (nSPS) is 15.1. The SMILES string of the molecule is NCc1ccncc1N1CCn2c(nnc2C(F)(F)F)C1. The molecule has 2 aromatic heterocycles. The van der Waals surface area contributed by atoms with Crippen molar-refractivity contribution in [1.82, 2.24) is 19.7 Å². The fraction of sp³-hybridized carbons (Fsp3) is 0.417. The molecule has 0 atom stereocenters. The summed E-state index contributed by atoms with van der Waals surface area (Å²) >= 11 is 0. The highest BCUT2D eigenvalue weighted by Gasteiger charge is 2.39. The van der Waals surface area contributed by atoms with Gasteiger partial charge in [0.05, 0.1) is 18.4 Å². The fourth-order valence-corrected chi connectivity index (χ4v) is 2.45. The van der Waals surface area contributed by atoms with E-state index in [1.165, 1.54) is 0 Å². The second-order valence-corrected chi connectivity index (χ2v) is 4.72. The molecule has 2 N–H and O–H groups in total. The highest BCUT2D eigenvalue weighted by atomic mass is 19.4. The average molecular weight is 298 g/mol. The molecule has 2 aromatic rings. The first kappa shape index (κ1) is 13.8. The molecule has 1 aliphatic rings. The van der Waals surface area contributed by atoms with Gasteiger partial charge in [-0.15, -0.1) is 10.2 Å². The number of hydrogen-bond donors (Lipinski definition) is 1. The Kier molecular flexibility index (Phi) is 3.28. The zero-order valence-corrected chi connectivity index (χ0v) is 11.0. The highest BCUT2D eigenvalue weighted by molar-refractivity contribution is 5.52. The minimum absolute atomic E-state index is 0.177. The van der Waals surface area contributed by atoms with E-state index in [1.807, 2.05) is 4.90 Å². The first-order chi connectivity index (χ1) is 10.0. The van der Waals surface area contributed by atoms with Crippen molar-refractivity contribution in [2.45, 2.75) is 25.8 Å². The van der Waals surface area contributed by atoms with E-state index in [-0.39, 0.29) is 13.1 Å². The van der Waals surface area contributed by atoms with Gasteiger partial charge in [0.1, 0.15) is 0 Å². The third-order valence-corrected chi connectivity index (χ3v) is 3.45. The van der Waals surface area contributed by atoms with Gasteiger partial charge in [0, 0.05) is 25.8 Å². The molecule has 0 radical (unpaired) electrons. The maximum Gasteiger partial charge on any atom is 0.451 e. The van der Waals surface area contributed by atoms with Gasteiger partial charge in [-0.2, -0.15) is 13.2 Å². The van der Waals surface area contributed by atoms with Gasteiger partial charge in [0.15, 0.2) is 5.82 Å². The minimum atomic E-state index is -4.48.